The zero-order chi connectivity index (χ0) is 24.9. The number of aryl methyl sites for hydroxylation is 1. The quantitative estimate of drug-likeness (QED) is 0.211. The highest BCUT2D eigenvalue weighted by Crippen LogP contribution is 2.44. The van der Waals surface area contributed by atoms with E-state index in [1.807, 2.05) is 68.4 Å². The van der Waals surface area contributed by atoms with Crippen molar-refractivity contribution < 1.29 is 14.7 Å². The van der Waals surface area contributed by atoms with E-state index in [4.69, 9.17) is 11.6 Å². The fourth-order valence-electron chi connectivity index (χ4n) is 4.19. The number of anilines is 2. The average Bonchev–Trinajstić information content (AvgIpc) is 3.37. The molecule has 2 heterocycles. The number of rotatable bonds is 4. The van der Waals surface area contributed by atoms with E-state index >= 15 is 0 Å². The van der Waals surface area contributed by atoms with Gasteiger partial charge in [-0.25, -0.2) is 4.98 Å². The minimum absolute atomic E-state index is 0.0189. The molecule has 35 heavy (non-hydrogen) atoms. The molecule has 1 aromatic heterocycles. The standard InChI is InChI=1S/C27H22ClN3O3S/c1-15-4-13-20-21(14-15)35-27(29-20)31-23(16-7-11-19(12-8-16)30(2)3)22(25(33)26(31)34)24(32)17-5-9-18(28)10-6-17/h4-14,23,32H,1-3H3/b24-22+. The Bertz CT molecular complexity index is 1490. The molecule has 1 atom stereocenters. The van der Waals surface area contributed by atoms with Crippen LogP contribution in [0, 0.1) is 6.92 Å². The van der Waals surface area contributed by atoms with Crippen LogP contribution in [-0.2, 0) is 9.59 Å². The molecule has 1 fully saturated rings. The van der Waals surface area contributed by atoms with Crippen molar-refractivity contribution in [2.75, 3.05) is 23.9 Å². The Kier molecular flexibility index (Phi) is 5.83. The molecule has 0 aliphatic carbocycles. The average molecular weight is 504 g/mol. The zero-order valence-corrected chi connectivity index (χ0v) is 20.9. The first kappa shape index (κ1) is 23.1. The largest absolute Gasteiger partial charge is 0.507 e. The second-order valence-corrected chi connectivity index (χ2v) is 10.1. The molecule has 1 unspecified atom stereocenters. The van der Waals surface area contributed by atoms with Gasteiger partial charge in [-0.15, -0.1) is 0 Å². The lowest BCUT2D eigenvalue weighted by Crippen LogP contribution is -2.29. The van der Waals surface area contributed by atoms with Crippen LogP contribution < -0.4 is 9.80 Å². The third-order valence-electron chi connectivity index (χ3n) is 6.03. The van der Waals surface area contributed by atoms with Gasteiger partial charge in [-0.1, -0.05) is 41.1 Å². The SMILES string of the molecule is Cc1ccc2nc(N3C(=O)C(=O)/C(=C(/O)c4ccc(Cl)cc4)C3c3ccc(N(C)C)cc3)sc2c1. The monoisotopic (exact) mass is 503 g/mol. The van der Waals surface area contributed by atoms with Crippen molar-refractivity contribution in [2.24, 2.45) is 0 Å². The summed E-state index contributed by atoms with van der Waals surface area (Å²) in [5, 5.41) is 12.1. The Morgan fingerprint density at radius 3 is 2.37 bits per heavy atom. The van der Waals surface area contributed by atoms with Crippen LogP contribution in [0.25, 0.3) is 16.0 Å². The van der Waals surface area contributed by atoms with Gasteiger partial charge in [-0.3, -0.25) is 14.5 Å². The van der Waals surface area contributed by atoms with Gasteiger partial charge in [0.05, 0.1) is 21.8 Å². The van der Waals surface area contributed by atoms with Gasteiger partial charge in [0.1, 0.15) is 5.76 Å². The minimum Gasteiger partial charge on any atom is -0.507 e. The predicted octanol–water partition coefficient (Wildman–Crippen LogP) is 5.95. The number of benzene rings is 3. The number of Topliss-reactive ketones (excluding diaryl/α,β-unsaturated/α-hetero) is 1. The molecular formula is C27H22ClN3O3S. The summed E-state index contributed by atoms with van der Waals surface area (Å²) in [6.45, 7) is 1.99. The Morgan fingerprint density at radius 2 is 1.71 bits per heavy atom. The lowest BCUT2D eigenvalue weighted by atomic mass is 9.95. The Balaban J connectivity index is 1.71. The number of thiazole rings is 1. The third kappa shape index (κ3) is 4.07. The van der Waals surface area contributed by atoms with Crippen molar-refractivity contribution >= 4 is 61.4 Å². The highest BCUT2D eigenvalue weighted by molar-refractivity contribution is 7.22. The maximum atomic E-state index is 13.4. The van der Waals surface area contributed by atoms with Crippen LogP contribution in [0.5, 0.6) is 0 Å². The number of amides is 1. The maximum Gasteiger partial charge on any atom is 0.301 e. The van der Waals surface area contributed by atoms with Gasteiger partial charge in [0, 0.05) is 30.4 Å². The van der Waals surface area contributed by atoms with Gasteiger partial charge >= 0.3 is 5.91 Å². The van der Waals surface area contributed by atoms with E-state index in [-0.39, 0.29) is 11.3 Å². The topological polar surface area (TPSA) is 73.7 Å². The molecule has 8 heteroatoms. The van der Waals surface area contributed by atoms with E-state index < -0.39 is 17.7 Å². The van der Waals surface area contributed by atoms with Crippen molar-refractivity contribution in [3.8, 4) is 0 Å². The maximum absolute atomic E-state index is 13.4. The van der Waals surface area contributed by atoms with Crippen LogP contribution in [0.4, 0.5) is 10.8 Å². The van der Waals surface area contributed by atoms with E-state index in [2.05, 4.69) is 4.98 Å². The molecule has 4 aromatic rings. The summed E-state index contributed by atoms with van der Waals surface area (Å²) < 4.78 is 0.918. The Morgan fingerprint density at radius 1 is 1.03 bits per heavy atom. The number of ketones is 1. The molecular weight excluding hydrogens is 482 g/mol. The van der Waals surface area contributed by atoms with Crippen molar-refractivity contribution in [3.05, 3.63) is 94.0 Å². The fourth-order valence-corrected chi connectivity index (χ4v) is 5.40. The second-order valence-electron chi connectivity index (χ2n) is 8.63. The molecule has 6 nitrogen and oxygen atoms in total. The third-order valence-corrected chi connectivity index (χ3v) is 7.30. The summed E-state index contributed by atoms with van der Waals surface area (Å²) in [4.78, 5) is 34.7. The van der Waals surface area contributed by atoms with Crippen molar-refractivity contribution in [3.63, 3.8) is 0 Å². The smallest absolute Gasteiger partial charge is 0.301 e. The van der Waals surface area contributed by atoms with Gasteiger partial charge in [-0.05, 0) is 66.6 Å². The van der Waals surface area contributed by atoms with Crippen LogP contribution in [-0.4, -0.2) is 35.9 Å². The number of nitrogens with zero attached hydrogens (tertiary/aromatic N) is 3. The molecule has 0 bridgehead atoms. The first-order valence-electron chi connectivity index (χ1n) is 11.0. The Hall–Kier alpha value is -3.68. The molecule has 5 rings (SSSR count). The number of aromatic nitrogens is 1. The summed E-state index contributed by atoms with van der Waals surface area (Å²) in [6.07, 6.45) is 0. The number of hydrogen-bond donors (Lipinski definition) is 1. The van der Waals surface area contributed by atoms with Gasteiger partial charge in [0.15, 0.2) is 5.13 Å². The van der Waals surface area contributed by atoms with E-state index in [0.29, 0.717) is 21.3 Å². The highest BCUT2D eigenvalue weighted by atomic mass is 35.5. The van der Waals surface area contributed by atoms with Gasteiger partial charge in [0.2, 0.25) is 0 Å². The number of fused-ring (bicyclic) bond motifs is 1. The van der Waals surface area contributed by atoms with Crippen LogP contribution in [0.2, 0.25) is 5.02 Å². The molecule has 1 saturated heterocycles. The number of halogens is 1. The summed E-state index contributed by atoms with van der Waals surface area (Å²) in [5.74, 6) is -1.73. The number of carbonyl (C=O) groups excluding carboxylic acids is 2. The Labute approximate surface area is 211 Å². The molecule has 0 radical (unpaired) electrons. The van der Waals surface area contributed by atoms with E-state index in [1.165, 1.54) is 16.2 Å². The fraction of sp³-hybridized carbons (Fsp3) is 0.148. The van der Waals surface area contributed by atoms with Gasteiger partial charge in [-0.2, -0.15) is 0 Å². The molecule has 176 valence electrons. The van der Waals surface area contributed by atoms with Crippen LogP contribution in [0.3, 0.4) is 0 Å². The number of hydrogen-bond acceptors (Lipinski definition) is 6. The molecule has 1 aliphatic heterocycles. The van der Waals surface area contributed by atoms with Crippen LogP contribution >= 0.6 is 22.9 Å². The molecule has 0 saturated carbocycles. The number of carbonyl (C=O) groups is 2. The second kappa shape index (κ2) is 8.83. The van der Waals surface area contributed by atoms with Gasteiger partial charge < -0.3 is 10.0 Å². The van der Waals surface area contributed by atoms with E-state index in [1.54, 1.807) is 24.3 Å². The summed E-state index contributed by atoms with van der Waals surface area (Å²) >= 11 is 7.35. The number of aliphatic hydroxyl groups excluding tert-OH is 1. The predicted molar refractivity (Wildman–Crippen MR) is 141 cm³/mol. The lowest BCUT2D eigenvalue weighted by molar-refractivity contribution is -0.132. The molecule has 1 aliphatic rings. The molecule has 1 N–H and O–H groups in total. The van der Waals surface area contributed by atoms with E-state index in [9.17, 15) is 14.7 Å². The lowest BCUT2D eigenvalue weighted by Gasteiger charge is -2.23. The minimum atomic E-state index is -0.830. The van der Waals surface area contributed by atoms with Crippen molar-refractivity contribution in [1.29, 1.82) is 0 Å². The van der Waals surface area contributed by atoms with Gasteiger partial charge in [0.25, 0.3) is 5.78 Å². The first-order valence-corrected chi connectivity index (χ1v) is 12.2. The van der Waals surface area contributed by atoms with Crippen molar-refractivity contribution in [2.45, 2.75) is 13.0 Å². The van der Waals surface area contributed by atoms with Crippen molar-refractivity contribution in [1.82, 2.24) is 4.98 Å². The molecule has 3 aromatic carbocycles. The number of aliphatic hydroxyl groups is 1. The normalized spacial score (nSPS) is 17.4. The van der Waals surface area contributed by atoms with Crippen LogP contribution in [0.1, 0.15) is 22.7 Å². The van der Waals surface area contributed by atoms with E-state index in [0.717, 1.165) is 21.5 Å². The highest BCUT2D eigenvalue weighted by Gasteiger charge is 2.48. The summed E-state index contributed by atoms with van der Waals surface area (Å²) in [6, 6.07) is 19.1. The molecule has 1 amide bonds. The van der Waals surface area contributed by atoms with Crippen LogP contribution in [0.15, 0.2) is 72.3 Å². The molecule has 0 spiro atoms. The summed E-state index contributed by atoms with van der Waals surface area (Å²) in [5.41, 5.74) is 3.91. The zero-order valence-electron chi connectivity index (χ0n) is 19.3. The first-order chi connectivity index (χ1) is 16.7. The summed E-state index contributed by atoms with van der Waals surface area (Å²) in [7, 11) is 3.87.